The maximum Gasteiger partial charge on any atom is 0.336 e. The maximum atomic E-state index is 12.4. The Labute approximate surface area is 262 Å². The first kappa shape index (κ1) is 39.0. The van der Waals surface area contributed by atoms with Gasteiger partial charge in [-0.05, 0) is 45.4 Å². The average molecular weight is 651 g/mol. The fraction of sp³-hybridized carbons (Fsp3) is 0.833. The van der Waals surface area contributed by atoms with Gasteiger partial charge in [-0.25, -0.2) is 9.59 Å². The summed E-state index contributed by atoms with van der Waals surface area (Å²) < 4.78 is 20.3. The molecule has 2 saturated heterocycles. The summed E-state index contributed by atoms with van der Waals surface area (Å²) >= 11 is 0. The molecule has 2 aliphatic heterocycles. The Kier molecular flexibility index (Phi) is 17.4. The van der Waals surface area contributed by atoms with Crippen molar-refractivity contribution in [1.82, 2.24) is 0 Å². The fourth-order valence-electron chi connectivity index (χ4n) is 5.20. The number of hydrogen-bond acceptors (Lipinski definition) is 13. The van der Waals surface area contributed by atoms with Crippen molar-refractivity contribution in [3.8, 4) is 0 Å². The Morgan fingerprint density at radius 3 is 1.80 bits per heavy atom. The molecular formula is C30H50O15. The molecule has 0 amide bonds. The Morgan fingerprint density at radius 2 is 1.22 bits per heavy atom. The number of hydrogen-bond donors (Lipinski definition) is 8. The molecule has 2 heterocycles. The Morgan fingerprint density at radius 1 is 0.689 bits per heavy atom. The molecule has 260 valence electrons. The maximum absolute atomic E-state index is 12.4. The van der Waals surface area contributed by atoms with Crippen molar-refractivity contribution >= 4 is 17.9 Å². The molecule has 0 spiro atoms. The van der Waals surface area contributed by atoms with Gasteiger partial charge >= 0.3 is 17.9 Å². The molecule has 0 aliphatic carbocycles. The van der Waals surface area contributed by atoms with Crippen LogP contribution in [0.5, 0.6) is 0 Å². The van der Waals surface area contributed by atoms with E-state index in [9.17, 15) is 50.1 Å². The Hall–Kier alpha value is -2.21. The van der Waals surface area contributed by atoms with Gasteiger partial charge < -0.3 is 59.8 Å². The highest BCUT2D eigenvalue weighted by Crippen LogP contribution is 2.30. The molecule has 11 atom stereocenters. The topological polar surface area (TPSA) is 250 Å². The van der Waals surface area contributed by atoms with Crippen molar-refractivity contribution in [2.24, 2.45) is 0 Å². The summed E-state index contributed by atoms with van der Waals surface area (Å²) in [5.41, 5.74) is 0. The van der Waals surface area contributed by atoms with E-state index in [1.165, 1.54) is 0 Å². The zero-order valence-electron chi connectivity index (χ0n) is 25.6. The Balaban J connectivity index is 1.70. The van der Waals surface area contributed by atoms with Crippen molar-refractivity contribution in [2.75, 3.05) is 0 Å². The third kappa shape index (κ3) is 12.8. The van der Waals surface area contributed by atoms with Crippen LogP contribution in [0, 0.1) is 0 Å². The average Bonchev–Trinajstić information content (AvgIpc) is 2.97. The van der Waals surface area contributed by atoms with E-state index in [0.29, 0.717) is 6.42 Å². The second-order valence-electron chi connectivity index (χ2n) is 11.7. The molecular weight excluding hydrogens is 600 g/mol. The number of aliphatic hydroxyl groups excluding tert-OH is 6. The minimum absolute atomic E-state index is 0.0524. The van der Waals surface area contributed by atoms with Crippen LogP contribution in [0.25, 0.3) is 0 Å². The summed E-state index contributed by atoms with van der Waals surface area (Å²) in [4.78, 5) is 35.4. The molecule has 45 heavy (non-hydrogen) atoms. The first-order valence-corrected chi connectivity index (χ1v) is 15.7. The molecule has 0 aromatic carbocycles. The van der Waals surface area contributed by atoms with Crippen molar-refractivity contribution in [3.63, 3.8) is 0 Å². The highest BCUT2D eigenvalue weighted by molar-refractivity contribution is 5.75. The molecule has 2 rings (SSSR count). The van der Waals surface area contributed by atoms with Crippen molar-refractivity contribution in [3.05, 3.63) is 12.2 Å². The second kappa shape index (κ2) is 20.1. The van der Waals surface area contributed by atoms with Gasteiger partial charge in [-0.2, -0.15) is 0 Å². The minimum Gasteiger partial charge on any atom is -0.479 e. The number of carboxylic acids is 2. The molecule has 0 saturated carbocycles. The molecule has 2 fully saturated rings. The first-order valence-electron chi connectivity index (χ1n) is 15.7. The van der Waals surface area contributed by atoms with Gasteiger partial charge in [0.25, 0.3) is 0 Å². The Bertz CT molecular complexity index is 927. The van der Waals surface area contributed by atoms with E-state index in [0.717, 1.165) is 70.6 Å². The lowest BCUT2D eigenvalue weighted by Crippen LogP contribution is -2.65. The van der Waals surface area contributed by atoms with E-state index in [4.69, 9.17) is 24.1 Å². The van der Waals surface area contributed by atoms with Crippen LogP contribution >= 0.6 is 0 Å². The third-order valence-electron chi connectivity index (χ3n) is 7.81. The third-order valence-corrected chi connectivity index (χ3v) is 7.81. The van der Waals surface area contributed by atoms with E-state index in [1.807, 2.05) is 6.92 Å². The van der Waals surface area contributed by atoms with Gasteiger partial charge in [0, 0.05) is 6.42 Å². The zero-order valence-corrected chi connectivity index (χ0v) is 25.6. The minimum atomic E-state index is -2.12. The van der Waals surface area contributed by atoms with Gasteiger partial charge in [0.05, 0.1) is 6.10 Å². The summed E-state index contributed by atoms with van der Waals surface area (Å²) in [5.74, 6) is -4.14. The van der Waals surface area contributed by atoms with Gasteiger partial charge in [0.1, 0.15) is 30.5 Å². The van der Waals surface area contributed by atoms with Crippen LogP contribution < -0.4 is 0 Å². The summed E-state index contributed by atoms with van der Waals surface area (Å²) in [6.45, 7) is 1.81. The van der Waals surface area contributed by atoms with E-state index >= 15 is 0 Å². The number of aliphatic carboxylic acids is 2. The summed E-state index contributed by atoms with van der Waals surface area (Å²) in [6.07, 6.45) is -4.40. The molecule has 0 bridgehead atoms. The van der Waals surface area contributed by atoms with Gasteiger partial charge in [0.15, 0.2) is 30.9 Å². The normalized spacial score (nSPS) is 32.8. The number of aliphatic hydroxyl groups is 6. The molecule has 0 aromatic rings. The molecule has 0 aromatic heterocycles. The summed E-state index contributed by atoms with van der Waals surface area (Å²) in [7, 11) is 0. The molecule has 8 N–H and O–H groups in total. The van der Waals surface area contributed by atoms with Crippen LogP contribution in [0.1, 0.15) is 90.4 Å². The smallest absolute Gasteiger partial charge is 0.336 e. The second-order valence-corrected chi connectivity index (χ2v) is 11.7. The van der Waals surface area contributed by atoms with Crippen LogP contribution in [-0.2, 0) is 33.3 Å². The predicted octanol–water partition coefficient (Wildman–Crippen LogP) is 0.347. The lowest BCUT2D eigenvalue weighted by molar-refractivity contribution is -0.354. The van der Waals surface area contributed by atoms with Gasteiger partial charge in [-0.1, -0.05) is 50.7 Å². The van der Waals surface area contributed by atoms with Crippen molar-refractivity contribution in [1.29, 1.82) is 0 Å². The SMILES string of the molecule is CC(O)CCCCCC/C=C/CCCCCCCC(=O)O[C@H]1[C@H](O)[C@@H](O)[C@H](O[C@@H]2[C@@H](O)[C@H](O)[C@@H](C(=O)O)O[C@H]2O)O[C@@H]1C(=O)O. The number of carbonyl (C=O) groups is 3. The van der Waals surface area contributed by atoms with Crippen LogP contribution in [0.2, 0.25) is 0 Å². The number of carbonyl (C=O) groups excluding carboxylic acids is 1. The first-order chi connectivity index (χ1) is 21.3. The molecule has 0 radical (unpaired) electrons. The predicted molar refractivity (Wildman–Crippen MR) is 154 cm³/mol. The largest absolute Gasteiger partial charge is 0.479 e. The standard InChI is InChI=1S/C30H50O15/c1-17(31)15-13-11-9-7-5-3-2-4-6-8-10-12-14-16-18(32)42-23-21(35)22(36)30(45-26(23)28(39)40)44-25-20(34)19(33)24(27(37)38)43-29(25)41/h2-3,17,19-26,29-31,33-36,41H,4-16H2,1H3,(H,37,38)(H,39,40)/b3-2+/t17?,19-,20-,21+,22+,23-,24-,25+,26-,29+,30+/m0/s1. The molecule has 2 aliphatic rings. The lowest BCUT2D eigenvalue weighted by atomic mass is 9.97. The van der Waals surface area contributed by atoms with E-state index in [-0.39, 0.29) is 12.5 Å². The van der Waals surface area contributed by atoms with Crippen molar-refractivity contribution < 1.29 is 74.2 Å². The molecule has 15 nitrogen and oxygen atoms in total. The monoisotopic (exact) mass is 650 g/mol. The van der Waals surface area contributed by atoms with Gasteiger partial charge in [-0.3, -0.25) is 4.79 Å². The number of rotatable bonds is 20. The number of esters is 1. The summed E-state index contributed by atoms with van der Waals surface area (Å²) in [5, 5.41) is 79.2. The highest BCUT2D eigenvalue weighted by atomic mass is 16.7. The van der Waals surface area contributed by atoms with E-state index in [2.05, 4.69) is 12.2 Å². The number of allylic oxidation sites excluding steroid dienone is 2. The van der Waals surface area contributed by atoms with Gasteiger partial charge in [-0.15, -0.1) is 0 Å². The lowest BCUT2D eigenvalue weighted by Gasteiger charge is -2.44. The number of ether oxygens (including phenoxy) is 4. The van der Waals surface area contributed by atoms with E-state index in [1.54, 1.807) is 0 Å². The number of carboxylic acid groups (broad SMARTS) is 2. The van der Waals surface area contributed by atoms with E-state index < -0.39 is 79.3 Å². The number of unbranched alkanes of at least 4 members (excludes halogenated alkanes) is 9. The van der Waals surface area contributed by atoms with Gasteiger partial charge in [0.2, 0.25) is 0 Å². The molecule has 15 heteroatoms. The van der Waals surface area contributed by atoms with Crippen LogP contribution in [0.4, 0.5) is 0 Å². The van der Waals surface area contributed by atoms with Crippen LogP contribution in [0.15, 0.2) is 12.2 Å². The summed E-state index contributed by atoms with van der Waals surface area (Å²) in [6, 6.07) is 0. The van der Waals surface area contributed by atoms with Crippen molar-refractivity contribution in [2.45, 2.75) is 158 Å². The molecule has 1 unspecified atom stereocenters. The van der Waals surface area contributed by atoms with Crippen LogP contribution in [-0.4, -0.2) is 126 Å². The quantitative estimate of drug-likeness (QED) is 0.0503. The fourth-order valence-corrected chi connectivity index (χ4v) is 5.20. The zero-order chi connectivity index (χ0) is 33.5. The highest BCUT2D eigenvalue weighted by Gasteiger charge is 2.54. The van der Waals surface area contributed by atoms with Crippen LogP contribution in [0.3, 0.4) is 0 Å².